The molecule has 2 unspecified atom stereocenters. The lowest BCUT2D eigenvalue weighted by atomic mass is 10.1. The van der Waals surface area contributed by atoms with Crippen LogP contribution in [0.4, 0.5) is 5.69 Å². The fourth-order valence-corrected chi connectivity index (χ4v) is 2.55. The molecule has 1 aliphatic heterocycles. The zero-order valence-electron chi connectivity index (χ0n) is 11.8. The summed E-state index contributed by atoms with van der Waals surface area (Å²) in [5.74, 6) is -0.0406. The number of carbonyl (C=O) groups excluding carboxylic acids is 1. The summed E-state index contributed by atoms with van der Waals surface area (Å²) in [5.41, 5.74) is 3.18. The normalized spacial score (nSPS) is 24.4. The lowest BCUT2D eigenvalue weighted by molar-refractivity contribution is -0.121. The molecule has 19 heavy (non-hydrogen) atoms. The molecule has 0 saturated carbocycles. The van der Waals surface area contributed by atoms with Crippen LogP contribution < -0.4 is 10.2 Å². The Morgan fingerprint density at radius 3 is 2.84 bits per heavy atom. The minimum Gasteiger partial charge on any atom is -0.394 e. The van der Waals surface area contributed by atoms with Crippen LogP contribution in [0.3, 0.4) is 0 Å². The van der Waals surface area contributed by atoms with Crippen molar-refractivity contribution in [2.24, 2.45) is 0 Å². The molecular weight excluding hydrogens is 240 g/mol. The van der Waals surface area contributed by atoms with Gasteiger partial charge in [0.15, 0.2) is 0 Å². The molecule has 0 aromatic heterocycles. The largest absolute Gasteiger partial charge is 0.394 e. The lowest BCUT2D eigenvalue weighted by Crippen LogP contribution is -2.48. The number of nitrogens with zero attached hydrogens (tertiary/aromatic N) is 1. The Hall–Kier alpha value is -1.39. The van der Waals surface area contributed by atoms with Crippen molar-refractivity contribution >= 4 is 11.6 Å². The van der Waals surface area contributed by atoms with Gasteiger partial charge in [0, 0.05) is 11.7 Å². The topological polar surface area (TPSA) is 52.6 Å². The first-order chi connectivity index (χ1) is 9.04. The van der Waals surface area contributed by atoms with Crippen molar-refractivity contribution in [3.63, 3.8) is 0 Å². The summed E-state index contributed by atoms with van der Waals surface area (Å²) in [6.07, 6.45) is 0.885. The van der Waals surface area contributed by atoms with Gasteiger partial charge in [0.05, 0.1) is 6.61 Å². The van der Waals surface area contributed by atoms with E-state index in [1.165, 1.54) is 0 Å². The summed E-state index contributed by atoms with van der Waals surface area (Å²) in [4.78, 5) is 14.4. The fourth-order valence-electron chi connectivity index (χ4n) is 2.55. The molecule has 0 bridgehead atoms. The van der Waals surface area contributed by atoms with Crippen LogP contribution in [0.15, 0.2) is 18.2 Å². The van der Waals surface area contributed by atoms with Gasteiger partial charge in [-0.15, -0.1) is 0 Å². The Balaban J connectivity index is 2.43. The summed E-state index contributed by atoms with van der Waals surface area (Å²) in [6.45, 7) is 6.69. The summed E-state index contributed by atoms with van der Waals surface area (Å²) >= 11 is 0. The number of hydrogen-bond acceptors (Lipinski definition) is 3. The molecule has 0 spiro atoms. The van der Waals surface area contributed by atoms with Gasteiger partial charge in [-0.25, -0.2) is 0 Å². The van der Waals surface area contributed by atoms with E-state index in [0.717, 1.165) is 29.8 Å². The molecule has 4 heteroatoms. The van der Waals surface area contributed by atoms with Crippen molar-refractivity contribution in [3.05, 3.63) is 29.3 Å². The van der Waals surface area contributed by atoms with Gasteiger partial charge in [0.2, 0.25) is 5.91 Å². The first-order valence-electron chi connectivity index (χ1n) is 6.79. The van der Waals surface area contributed by atoms with E-state index in [4.69, 9.17) is 0 Å². The average Bonchev–Trinajstić information content (AvgIpc) is 2.51. The molecule has 1 fully saturated rings. The maximum Gasteiger partial charge on any atom is 0.246 e. The van der Waals surface area contributed by atoms with Crippen LogP contribution in [0.1, 0.15) is 24.5 Å². The van der Waals surface area contributed by atoms with Gasteiger partial charge < -0.3 is 15.3 Å². The zero-order chi connectivity index (χ0) is 14.0. The summed E-state index contributed by atoms with van der Waals surface area (Å²) in [7, 11) is 0. The quantitative estimate of drug-likeness (QED) is 0.846. The van der Waals surface area contributed by atoms with Gasteiger partial charge in [-0.05, 0) is 50.9 Å². The highest BCUT2D eigenvalue weighted by Gasteiger charge is 2.31. The van der Waals surface area contributed by atoms with E-state index in [0.29, 0.717) is 0 Å². The minimum atomic E-state index is -0.495. The van der Waals surface area contributed by atoms with Gasteiger partial charge in [-0.2, -0.15) is 0 Å². The Labute approximate surface area is 114 Å². The average molecular weight is 262 g/mol. The van der Waals surface area contributed by atoms with Crippen molar-refractivity contribution in [2.45, 2.75) is 39.3 Å². The Morgan fingerprint density at radius 2 is 2.16 bits per heavy atom. The number of amides is 1. The molecule has 0 radical (unpaired) electrons. The molecule has 2 rings (SSSR count). The highest BCUT2D eigenvalue weighted by atomic mass is 16.3. The first kappa shape index (κ1) is 14.0. The second-order valence-electron chi connectivity index (χ2n) is 5.33. The number of nitrogens with one attached hydrogen (secondary N) is 1. The second-order valence-corrected chi connectivity index (χ2v) is 5.33. The number of benzene rings is 1. The second kappa shape index (κ2) is 5.72. The maximum absolute atomic E-state index is 12.6. The molecule has 1 aliphatic rings. The molecule has 2 N–H and O–H groups in total. The zero-order valence-corrected chi connectivity index (χ0v) is 11.8. The molecule has 104 valence electrons. The van der Waals surface area contributed by atoms with Crippen LogP contribution in [-0.2, 0) is 4.79 Å². The van der Waals surface area contributed by atoms with Gasteiger partial charge in [-0.1, -0.05) is 12.1 Å². The third-order valence-corrected chi connectivity index (χ3v) is 3.74. The smallest absolute Gasteiger partial charge is 0.246 e. The van der Waals surface area contributed by atoms with E-state index in [1.807, 2.05) is 36.9 Å². The lowest BCUT2D eigenvalue weighted by Gasteiger charge is -2.30. The maximum atomic E-state index is 12.6. The van der Waals surface area contributed by atoms with Crippen LogP contribution in [-0.4, -0.2) is 36.2 Å². The monoisotopic (exact) mass is 262 g/mol. The van der Waals surface area contributed by atoms with Crippen molar-refractivity contribution in [1.29, 1.82) is 0 Å². The van der Waals surface area contributed by atoms with Gasteiger partial charge in [0.1, 0.15) is 6.04 Å². The molecule has 2 atom stereocenters. The third-order valence-electron chi connectivity index (χ3n) is 3.74. The van der Waals surface area contributed by atoms with Crippen LogP contribution in [0.2, 0.25) is 0 Å². The number of rotatable bonds is 2. The van der Waals surface area contributed by atoms with E-state index in [1.54, 1.807) is 0 Å². The molecule has 0 aliphatic carbocycles. The minimum absolute atomic E-state index is 0.0406. The van der Waals surface area contributed by atoms with E-state index in [-0.39, 0.29) is 18.6 Å². The molecule has 1 amide bonds. The van der Waals surface area contributed by atoms with Crippen LogP contribution in [0.25, 0.3) is 0 Å². The molecule has 1 saturated heterocycles. The standard InChI is InChI=1S/C15H22N2O2/c1-10-4-5-11(2)14(8-10)17-12(3)6-7-16-13(9-18)15(17)19/h4-5,8,12-13,16,18H,6-7,9H2,1-3H3. The Bertz CT molecular complexity index is 473. The summed E-state index contributed by atoms with van der Waals surface area (Å²) < 4.78 is 0. The number of hydrogen-bond donors (Lipinski definition) is 2. The number of aryl methyl sites for hydroxylation is 2. The number of carbonyl (C=O) groups is 1. The molecule has 1 heterocycles. The van der Waals surface area contributed by atoms with E-state index >= 15 is 0 Å². The predicted octanol–water partition coefficient (Wildman–Crippen LogP) is 1.38. The van der Waals surface area contributed by atoms with Gasteiger partial charge >= 0.3 is 0 Å². The van der Waals surface area contributed by atoms with E-state index in [2.05, 4.69) is 12.2 Å². The Kier molecular flexibility index (Phi) is 4.22. The van der Waals surface area contributed by atoms with Crippen LogP contribution >= 0.6 is 0 Å². The number of aliphatic hydroxyl groups excluding tert-OH is 1. The molecule has 1 aromatic carbocycles. The molecular formula is C15H22N2O2. The van der Waals surface area contributed by atoms with Crippen molar-refractivity contribution < 1.29 is 9.90 Å². The van der Waals surface area contributed by atoms with Crippen LogP contribution in [0.5, 0.6) is 0 Å². The van der Waals surface area contributed by atoms with Crippen LogP contribution in [0, 0.1) is 13.8 Å². The highest BCUT2D eigenvalue weighted by Crippen LogP contribution is 2.26. The summed E-state index contributed by atoms with van der Waals surface area (Å²) in [6, 6.07) is 5.77. The fraction of sp³-hybridized carbons (Fsp3) is 0.533. The van der Waals surface area contributed by atoms with E-state index < -0.39 is 6.04 Å². The highest BCUT2D eigenvalue weighted by molar-refractivity contribution is 5.98. The van der Waals surface area contributed by atoms with Gasteiger partial charge in [-0.3, -0.25) is 4.79 Å². The number of aliphatic hydroxyl groups is 1. The molecule has 4 nitrogen and oxygen atoms in total. The number of anilines is 1. The van der Waals surface area contributed by atoms with Crippen molar-refractivity contribution in [2.75, 3.05) is 18.1 Å². The molecule has 1 aromatic rings. The van der Waals surface area contributed by atoms with Crippen molar-refractivity contribution in [1.82, 2.24) is 5.32 Å². The van der Waals surface area contributed by atoms with E-state index in [9.17, 15) is 9.90 Å². The van der Waals surface area contributed by atoms with Crippen molar-refractivity contribution in [3.8, 4) is 0 Å². The predicted molar refractivity (Wildman–Crippen MR) is 76.4 cm³/mol. The SMILES string of the molecule is Cc1ccc(C)c(N2C(=O)C(CO)NCCC2C)c1. The summed E-state index contributed by atoms with van der Waals surface area (Å²) in [5, 5.41) is 12.5. The Morgan fingerprint density at radius 1 is 1.42 bits per heavy atom. The third kappa shape index (κ3) is 2.80. The first-order valence-corrected chi connectivity index (χ1v) is 6.79. The van der Waals surface area contributed by atoms with Gasteiger partial charge in [0.25, 0.3) is 0 Å².